The molecular formula is C26H39ClN4O5. The Kier molecular flexibility index (Phi) is 12.7. The Bertz CT molecular complexity index is 863. The largest absolute Gasteiger partial charge is 0.459 e. The fourth-order valence-corrected chi connectivity index (χ4v) is 4.69. The average molecular weight is 523 g/mol. The number of hydrogen-bond acceptors (Lipinski definition) is 6. The number of carbonyl (C=O) groups excluding carboxylic acids is 4. The second-order valence-electron chi connectivity index (χ2n) is 9.50. The molecule has 36 heavy (non-hydrogen) atoms. The summed E-state index contributed by atoms with van der Waals surface area (Å²) in [6.45, 7) is 4.43. The van der Waals surface area contributed by atoms with Crippen molar-refractivity contribution in [3.8, 4) is 0 Å². The lowest BCUT2D eigenvalue weighted by Gasteiger charge is -2.33. The van der Waals surface area contributed by atoms with E-state index in [-0.39, 0.29) is 49.2 Å². The Morgan fingerprint density at radius 2 is 1.83 bits per heavy atom. The summed E-state index contributed by atoms with van der Waals surface area (Å²) < 4.78 is 5.33. The van der Waals surface area contributed by atoms with Crippen molar-refractivity contribution in [1.29, 1.82) is 0 Å². The van der Waals surface area contributed by atoms with Gasteiger partial charge in [0.15, 0.2) is 0 Å². The van der Waals surface area contributed by atoms with Crippen LogP contribution >= 0.6 is 12.4 Å². The number of nitrogens with one attached hydrogen (secondary N) is 3. The fourth-order valence-electron chi connectivity index (χ4n) is 4.69. The lowest BCUT2D eigenvalue weighted by Crippen LogP contribution is -2.51. The van der Waals surface area contributed by atoms with Crippen LogP contribution in [0.2, 0.25) is 0 Å². The van der Waals surface area contributed by atoms with Gasteiger partial charge in [-0.3, -0.25) is 14.4 Å². The minimum atomic E-state index is -0.980. The van der Waals surface area contributed by atoms with Gasteiger partial charge in [0, 0.05) is 33.0 Å². The second-order valence-corrected chi connectivity index (χ2v) is 9.50. The number of nitrogens with zero attached hydrogens (tertiary/aromatic N) is 1. The van der Waals surface area contributed by atoms with Crippen LogP contribution in [0.25, 0.3) is 0 Å². The van der Waals surface area contributed by atoms with Crippen LogP contribution in [0, 0.1) is 11.8 Å². The van der Waals surface area contributed by atoms with E-state index >= 15 is 0 Å². The predicted molar refractivity (Wildman–Crippen MR) is 138 cm³/mol. The van der Waals surface area contributed by atoms with Crippen LogP contribution in [0.1, 0.15) is 51.0 Å². The average Bonchev–Trinajstić information content (AvgIpc) is 2.89. The maximum absolute atomic E-state index is 12.8. The molecule has 10 heteroatoms. The molecule has 3 amide bonds. The first-order valence-corrected chi connectivity index (χ1v) is 12.7. The van der Waals surface area contributed by atoms with E-state index in [1.165, 1.54) is 6.92 Å². The first-order chi connectivity index (χ1) is 16.9. The summed E-state index contributed by atoms with van der Waals surface area (Å²) in [5.41, 5.74) is 0.832. The zero-order valence-corrected chi connectivity index (χ0v) is 21.8. The number of likely N-dealkylation sites (tertiary alicyclic amines) is 1. The lowest BCUT2D eigenvalue weighted by atomic mass is 9.92. The van der Waals surface area contributed by atoms with Gasteiger partial charge in [-0.05, 0) is 56.7 Å². The first-order valence-electron chi connectivity index (χ1n) is 12.7. The van der Waals surface area contributed by atoms with Crippen LogP contribution in [0.15, 0.2) is 30.3 Å². The molecule has 0 saturated carbocycles. The standard InChI is InChI=1S/C26H38N4O5.ClH/c1-19(31)29-23(26(34)35-18-21-6-3-2-4-7-21)16-28-25(33)22-8-5-15-30(17-22)24(32)10-9-20-11-13-27-14-12-20;/h2-4,6-7,20,22-23,27H,5,8-18H2,1H3,(H,28,33)(H,29,31);1H/t22-,23+;/m1./s1. The zero-order chi connectivity index (χ0) is 25.0. The smallest absolute Gasteiger partial charge is 0.330 e. The summed E-state index contributed by atoms with van der Waals surface area (Å²) in [6.07, 6.45) is 5.11. The number of carbonyl (C=O) groups is 4. The Morgan fingerprint density at radius 3 is 2.53 bits per heavy atom. The Hall–Kier alpha value is -2.65. The fraction of sp³-hybridized carbons (Fsp3) is 0.615. The van der Waals surface area contributed by atoms with Gasteiger partial charge in [0.1, 0.15) is 12.6 Å². The van der Waals surface area contributed by atoms with Crippen LogP contribution in [0.5, 0.6) is 0 Å². The number of esters is 1. The van der Waals surface area contributed by atoms with E-state index in [2.05, 4.69) is 16.0 Å². The van der Waals surface area contributed by atoms with E-state index in [1.807, 2.05) is 30.3 Å². The van der Waals surface area contributed by atoms with E-state index in [0.717, 1.165) is 44.3 Å². The van der Waals surface area contributed by atoms with E-state index in [0.29, 0.717) is 31.8 Å². The van der Waals surface area contributed by atoms with Crippen molar-refractivity contribution >= 4 is 36.1 Å². The lowest BCUT2D eigenvalue weighted by molar-refractivity contribution is -0.149. The van der Waals surface area contributed by atoms with Gasteiger partial charge < -0.3 is 25.6 Å². The molecule has 2 fully saturated rings. The van der Waals surface area contributed by atoms with Crippen molar-refractivity contribution in [3.05, 3.63) is 35.9 Å². The molecule has 0 bridgehead atoms. The van der Waals surface area contributed by atoms with Crippen LogP contribution in [0.3, 0.4) is 0 Å². The van der Waals surface area contributed by atoms with E-state index in [1.54, 1.807) is 4.90 Å². The number of benzene rings is 1. The molecule has 2 heterocycles. The number of halogens is 1. The number of ether oxygens (including phenoxy) is 1. The molecule has 2 saturated heterocycles. The third-order valence-corrected chi connectivity index (χ3v) is 6.74. The third kappa shape index (κ3) is 9.78. The van der Waals surface area contributed by atoms with Gasteiger partial charge in [-0.25, -0.2) is 4.79 Å². The van der Waals surface area contributed by atoms with Crippen molar-refractivity contribution in [3.63, 3.8) is 0 Å². The van der Waals surface area contributed by atoms with Gasteiger partial charge in [-0.15, -0.1) is 12.4 Å². The molecular weight excluding hydrogens is 484 g/mol. The minimum absolute atomic E-state index is 0. The SMILES string of the molecule is CC(=O)N[C@@H](CNC(=O)[C@@H]1CCCN(C(=O)CCC2CCNCC2)C1)C(=O)OCc1ccccc1.Cl. The molecule has 3 N–H and O–H groups in total. The van der Waals surface area contributed by atoms with E-state index in [4.69, 9.17) is 4.74 Å². The molecule has 1 aromatic carbocycles. The molecule has 0 unspecified atom stereocenters. The van der Waals surface area contributed by atoms with Gasteiger partial charge in [0.2, 0.25) is 17.7 Å². The number of rotatable bonds is 10. The third-order valence-electron chi connectivity index (χ3n) is 6.74. The van der Waals surface area contributed by atoms with Crippen molar-refractivity contribution in [2.75, 3.05) is 32.7 Å². The number of piperidine rings is 2. The van der Waals surface area contributed by atoms with Gasteiger partial charge in [0.25, 0.3) is 0 Å². The van der Waals surface area contributed by atoms with Crippen LogP contribution in [-0.4, -0.2) is 67.4 Å². The van der Waals surface area contributed by atoms with Gasteiger partial charge in [0.05, 0.1) is 5.92 Å². The minimum Gasteiger partial charge on any atom is -0.459 e. The highest BCUT2D eigenvalue weighted by atomic mass is 35.5. The molecule has 0 aromatic heterocycles. The maximum Gasteiger partial charge on any atom is 0.330 e. The van der Waals surface area contributed by atoms with Crippen molar-refractivity contribution < 1.29 is 23.9 Å². The summed E-state index contributed by atoms with van der Waals surface area (Å²) in [6, 6.07) is 8.26. The number of hydrogen-bond donors (Lipinski definition) is 3. The molecule has 0 aliphatic carbocycles. The quantitative estimate of drug-likeness (QED) is 0.403. The van der Waals surface area contributed by atoms with Crippen molar-refractivity contribution in [1.82, 2.24) is 20.9 Å². The maximum atomic E-state index is 12.8. The molecule has 2 aliphatic heterocycles. The molecule has 2 aliphatic rings. The van der Waals surface area contributed by atoms with Crippen LogP contribution < -0.4 is 16.0 Å². The topological polar surface area (TPSA) is 117 Å². The molecule has 0 spiro atoms. The van der Waals surface area contributed by atoms with Crippen LogP contribution in [0.4, 0.5) is 0 Å². The van der Waals surface area contributed by atoms with Gasteiger partial charge >= 0.3 is 5.97 Å². The number of amides is 3. The van der Waals surface area contributed by atoms with E-state index < -0.39 is 12.0 Å². The molecule has 9 nitrogen and oxygen atoms in total. The monoisotopic (exact) mass is 522 g/mol. The molecule has 3 rings (SSSR count). The Balaban J connectivity index is 0.00000456. The summed E-state index contributed by atoms with van der Waals surface area (Å²) >= 11 is 0. The summed E-state index contributed by atoms with van der Waals surface area (Å²) in [5, 5.41) is 8.68. The normalized spacial score (nSPS) is 18.9. The van der Waals surface area contributed by atoms with Gasteiger partial charge in [-0.1, -0.05) is 30.3 Å². The highest BCUT2D eigenvalue weighted by Crippen LogP contribution is 2.21. The Morgan fingerprint density at radius 1 is 1.11 bits per heavy atom. The predicted octanol–water partition coefficient (Wildman–Crippen LogP) is 1.79. The highest BCUT2D eigenvalue weighted by molar-refractivity contribution is 5.86. The first kappa shape index (κ1) is 29.6. The summed E-state index contributed by atoms with van der Waals surface area (Å²) in [4.78, 5) is 51.5. The summed E-state index contributed by atoms with van der Waals surface area (Å²) in [5.74, 6) is -0.832. The zero-order valence-electron chi connectivity index (χ0n) is 21.0. The van der Waals surface area contributed by atoms with Crippen molar-refractivity contribution in [2.45, 2.75) is 58.1 Å². The second kappa shape index (κ2) is 15.5. The van der Waals surface area contributed by atoms with Gasteiger partial charge in [-0.2, -0.15) is 0 Å². The van der Waals surface area contributed by atoms with Crippen LogP contribution in [-0.2, 0) is 30.5 Å². The summed E-state index contributed by atoms with van der Waals surface area (Å²) in [7, 11) is 0. The Labute approximate surface area is 219 Å². The highest BCUT2D eigenvalue weighted by Gasteiger charge is 2.30. The van der Waals surface area contributed by atoms with Crippen molar-refractivity contribution in [2.24, 2.45) is 11.8 Å². The molecule has 200 valence electrons. The molecule has 0 radical (unpaired) electrons. The van der Waals surface area contributed by atoms with E-state index in [9.17, 15) is 19.2 Å². The molecule has 2 atom stereocenters. The molecule has 1 aromatic rings.